The van der Waals surface area contributed by atoms with E-state index >= 15 is 0 Å². The zero-order valence-corrected chi connectivity index (χ0v) is 45.1. The second-order valence-electron chi connectivity index (χ2n) is 20.4. The number of fused-ring (bicyclic) bond motifs is 1. The summed E-state index contributed by atoms with van der Waals surface area (Å²) < 4.78 is 39.5. The van der Waals surface area contributed by atoms with Gasteiger partial charge in [0, 0.05) is 80.8 Å². The molecule has 8 rings (SSSR count). The van der Waals surface area contributed by atoms with Crippen molar-refractivity contribution >= 4 is 67.6 Å². The minimum absolute atomic E-state index is 0.0308. The van der Waals surface area contributed by atoms with Gasteiger partial charge < -0.3 is 40.3 Å². The van der Waals surface area contributed by atoms with Crippen molar-refractivity contribution in [3.8, 4) is 21.7 Å². The Morgan fingerprint density at radius 1 is 0.853 bits per heavy atom. The quantitative estimate of drug-likeness (QED) is 0.0475. The zero-order valence-electron chi connectivity index (χ0n) is 43.5. The van der Waals surface area contributed by atoms with Crippen LogP contribution in [0.15, 0.2) is 96.6 Å². The van der Waals surface area contributed by atoms with Crippen LogP contribution in [-0.4, -0.2) is 151 Å². The summed E-state index contributed by atoms with van der Waals surface area (Å²) in [5, 5.41) is 24.7. The Hall–Kier alpha value is -6.49. The molecule has 2 aliphatic rings. The van der Waals surface area contributed by atoms with Crippen LogP contribution in [0.2, 0.25) is 0 Å². The number of hydrogen-bond donors (Lipinski definition) is 5. The summed E-state index contributed by atoms with van der Waals surface area (Å²) in [4.78, 5) is 56.8. The predicted molar refractivity (Wildman–Crippen MR) is 292 cm³/mol. The minimum Gasteiger partial charge on any atom is -0.391 e. The van der Waals surface area contributed by atoms with E-state index in [0.717, 1.165) is 88.8 Å². The lowest BCUT2D eigenvalue weighted by Gasteiger charge is -2.36. The number of rotatable bonds is 22. The van der Waals surface area contributed by atoms with Crippen molar-refractivity contribution in [1.82, 2.24) is 40.0 Å². The molecule has 400 valence electrons. The van der Waals surface area contributed by atoms with Crippen LogP contribution in [0, 0.1) is 12.3 Å². The molecular formula is C54H69N11O8S2. The van der Waals surface area contributed by atoms with E-state index in [4.69, 9.17) is 14.6 Å². The number of likely N-dealkylation sites (tertiary alicyclic amines) is 1. The Morgan fingerprint density at radius 2 is 1.59 bits per heavy atom. The number of nitrogens with zero attached hydrogens (tertiary/aromatic N) is 7. The van der Waals surface area contributed by atoms with Gasteiger partial charge in [-0.25, -0.2) is 22.9 Å². The Morgan fingerprint density at radius 3 is 2.28 bits per heavy atom. The molecule has 5 N–H and O–H groups in total. The number of amides is 3. The number of aliphatic hydroxyl groups is 1. The highest BCUT2D eigenvalue weighted by atomic mass is 32.2. The molecule has 2 saturated heterocycles. The van der Waals surface area contributed by atoms with Gasteiger partial charge >= 0.3 is 0 Å². The first-order chi connectivity index (χ1) is 35.9. The van der Waals surface area contributed by atoms with E-state index in [1.54, 1.807) is 45.1 Å². The summed E-state index contributed by atoms with van der Waals surface area (Å²) in [6.45, 7) is 15.4. The minimum atomic E-state index is -3.42. The average molecular weight is 1060 g/mol. The van der Waals surface area contributed by atoms with Gasteiger partial charge in [0.1, 0.15) is 6.04 Å². The second-order valence-corrected chi connectivity index (χ2v) is 23.0. The summed E-state index contributed by atoms with van der Waals surface area (Å²) in [5.74, 6) is -0.447. The maximum absolute atomic E-state index is 14.1. The molecule has 2 fully saturated rings. The Kier molecular flexibility index (Phi) is 17.9. The van der Waals surface area contributed by atoms with Crippen LogP contribution in [0.25, 0.3) is 27.2 Å². The first kappa shape index (κ1) is 54.8. The number of aryl methyl sites for hydroxylation is 1. The number of aliphatic hydroxyl groups excluding tert-OH is 1. The van der Waals surface area contributed by atoms with Crippen LogP contribution < -0.4 is 25.6 Å². The monoisotopic (exact) mass is 1060 g/mol. The zero-order chi connectivity index (χ0) is 53.3. The van der Waals surface area contributed by atoms with E-state index < -0.39 is 33.6 Å². The summed E-state index contributed by atoms with van der Waals surface area (Å²) >= 11 is 1.59. The van der Waals surface area contributed by atoms with Crippen molar-refractivity contribution < 1.29 is 37.4 Å². The fourth-order valence-corrected chi connectivity index (χ4v) is 10.8. The van der Waals surface area contributed by atoms with Gasteiger partial charge in [-0.2, -0.15) is 0 Å². The molecule has 19 nitrogen and oxygen atoms in total. The molecule has 3 aromatic heterocycles. The van der Waals surface area contributed by atoms with Crippen molar-refractivity contribution in [2.75, 3.05) is 86.9 Å². The molecule has 75 heavy (non-hydrogen) atoms. The number of thiazole rings is 1. The number of sulfonamides is 1. The summed E-state index contributed by atoms with van der Waals surface area (Å²) in [7, 11) is -3.42. The van der Waals surface area contributed by atoms with Gasteiger partial charge in [-0.3, -0.25) is 24.0 Å². The molecule has 3 aromatic carbocycles. The fraction of sp³-hybridized carbons (Fsp3) is 0.444. The molecule has 2 aliphatic heterocycles. The van der Waals surface area contributed by atoms with Gasteiger partial charge in [-0.15, -0.1) is 16.4 Å². The van der Waals surface area contributed by atoms with Crippen molar-refractivity contribution in [3.63, 3.8) is 0 Å². The average Bonchev–Trinajstić information content (AvgIpc) is 4.11. The highest BCUT2D eigenvalue weighted by Crippen LogP contribution is 2.31. The smallest absolute Gasteiger partial charge is 0.246 e. The van der Waals surface area contributed by atoms with Crippen LogP contribution in [0.1, 0.15) is 64.3 Å². The number of aromatic nitrogens is 4. The maximum Gasteiger partial charge on any atom is 0.246 e. The van der Waals surface area contributed by atoms with Gasteiger partial charge in [0.25, 0.3) is 0 Å². The number of nitrogens with one attached hydrogen (secondary N) is 4. The van der Waals surface area contributed by atoms with E-state index in [0.29, 0.717) is 31.5 Å². The Labute approximate surface area is 443 Å². The largest absolute Gasteiger partial charge is 0.391 e. The molecule has 4 atom stereocenters. The molecular weight excluding hydrogens is 995 g/mol. The third kappa shape index (κ3) is 14.9. The van der Waals surface area contributed by atoms with Crippen LogP contribution >= 0.6 is 11.3 Å². The van der Waals surface area contributed by atoms with Gasteiger partial charge in [0.15, 0.2) is 0 Å². The number of carbonyl (C=O) groups is 3. The van der Waals surface area contributed by atoms with Gasteiger partial charge in [-0.1, -0.05) is 57.2 Å². The number of anilines is 4. The van der Waals surface area contributed by atoms with Crippen LogP contribution in [-0.2, 0) is 33.9 Å². The SMILES string of the molecule is Cc1ncsc1-c1ccc([C@H](C)NC(=O)C[C@@H]2C[C@@H](O)CN2C(=O)[C@@H](NC(=O)CCOCCOCCN2CCN(c3ccc(Nc4ncc5ccc(-c6cccc(NS(C)(=O)=O)c6)n5n4)cc3)CC2)C(C)(C)C)cc1. The Bertz CT molecular complexity index is 3010. The van der Waals surface area contributed by atoms with Crippen molar-refractivity contribution in [3.05, 3.63) is 108 Å². The summed E-state index contributed by atoms with van der Waals surface area (Å²) in [5.41, 5.74) is 9.02. The standard InChI is InChI=1S/C54H69N11O8S2/c1-36(38-10-12-39(13-11-38)50-37(2)56-35-74-50)57-49(68)32-45-31-46(66)34-64(45)52(69)51(54(3,4)5)59-48(67)20-26-72-28-29-73-27-25-62-21-23-63(24-22-62)43-16-14-41(15-17-43)58-53-55-33-44-18-19-47(65(44)60-53)40-8-7-9-42(30-40)61-75(6,70)71/h7-19,30,33,35-36,45-46,51,61,66H,20-29,31-32,34H2,1-6H3,(H,57,68)(H,58,60)(H,59,67)/t36-,45-,46+,51+/m0/s1. The van der Waals surface area contributed by atoms with Crippen LogP contribution in [0.5, 0.6) is 0 Å². The normalized spacial score (nSPS) is 17.2. The second kappa shape index (κ2) is 24.5. The fourth-order valence-electron chi connectivity index (χ4n) is 9.43. The van der Waals surface area contributed by atoms with Crippen LogP contribution in [0.3, 0.4) is 0 Å². The third-order valence-electron chi connectivity index (χ3n) is 13.4. The van der Waals surface area contributed by atoms with Crippen molar-refractivity contribution in [1.29, 1.82) is 0 Å². The molecule has 0 spiro atoms. The van der Waals surface area contributed by atoms with E-state index in [2.05, 4.69) is 52.6 Å². The highest BCUT2D eigenvalue weighted by molar-refractivity contribution is 7.92. The molecule has 3 amide bonds. The lowest BCUT2D eigenvalue weighted by Crippen LogP contribution is -2.56. The van der Waals surface area contributed by atoms with Gasteiger partial charge in [0.05, 0.1) is 78.3 Å². The molecule has 5 heterocycles. The van der Waals surface area contributed by atoms with Crippen molar-refractivity contribution in [2.45, 2.75) is 78.1 Å². The van der Waals surface area contributed by atoms with E-state index in [9.17, 15) is 27.9 Å². The Balaban J connectivity index is 0.705. The summed E-state index contributed by atoms with van der Waals surface area (Å²) in [6.07, 6.45) is 2.45. The first-order valence-electron chi connectivity index (χ1n) is 25.4. The van der Waals surface area contributed by atoms with E-state index in [-0.39, 0.29) is 56.2 Å². The van der Waals surface area contributed by atoms with Gasteiger partial charge in [0.2, 0.25) is 33.7 Å². The molecule has 0 unspecified atom stereocenters. The molecule has 6 aromatic rings. The molecule has 0 bridgehead atoms. The van der Waals surface area contributed by atoms with Crippen LogP contribution in [0.4, 0.5) is 23.0 Å². The first-order valence-corrected chi connectivity index (χ1v) is 28.1. The lowest BCUT2D eigenvalue weighted by molar-refractivity contribution is -0.141. The van der Waals surface area contributed by atoms with E-state index in [1.807, 2.05) is 94.7 Å². The number of ether oxygens (including phenoxy) is 2. The number of benzene rings is 3. The van der Waals surface area contributed by atoms with E-state index in [1.165, 1.54) is 0 Å². The number of carbonyl (C=O) groups excluding carboxylic acids is 3. The molecule has 21 heteroatoms. The number of β-amino-alcohol motifs (C(OH)–C–C–N with tert-alkyl or cyclic N) is 1. The van der Waals surface area contributed by atoms with Crippen molar-refractivity contribution in [2.24, 2.45) is 5.41 Å². The third-order valence-corrected chi connectivity index (χ3v) is 15.0. The molecule has 0 aliphatic carbocycles. The maximum atomic E-state index is 14.1. The number of piperazine rings is 1. The van der Waals surface area contributed by atoms with Gasteiger partial charge in [-0.05, 0) is 85.3 Å². The molecule has 0 saturated carbocycles. The lowest BCUT2D eigenvalue weighted by atomic mass is 9.85. The highest BCUT2D eigenvalue weighted by Gasteiger charge is 2.42. The summed E-state index contributed by atoms with van der Waals surface area (Å²) in [6, 6.07) is 25.6. The predicted octanol–water partition coefficient (Wildman–Crippen LogP) is 6.25. The topological polar surface area (TPSA) is 225 Å². The molecule has 0 radical (unpaired) electrons. The number of hydrogen-bond acceptors (Lipinski definition) is 15.